The summed E-state index contributed by atoms with van der Waals surface area (Å²) in [5, 5.41) is 12.6. The Morgan fingerprint density at radius 3 is 2.68 bits per heavy atom. The molecule has 0 aromatic carbocycles. The molecular formula is C15H22N2O2. The number of aliphatic hydroxyl groups is 1. The quantitative estimate of drug-likeness (QED) is 0.874. The van der Waals surface area contributed by atoms with E-state index in [-0.39, 0.29) is 17.9 Å². The van der Waals surface area contributed by atoms with Crippen LogP contribution in [-0.4, -0.2) is 22.1 Å². The van der Waals surface area contributed by atoms with E-state index in [4.69, 9.17) is 0 Å². The van der Waals surface area contributed by atoms with Crippen molar-refractivity contribution in [2.45, 2.75) is 52.2 Å². The van der Waals surface area contributed by atoms with Crippen LogP contribution in [0.1, 0.15) is 42.6 Å². The zero-order valence-corrected chi connectivity index (χ0v) is 11.6. The lowest BCUT2D eigenvalue weighted by atomic mass is 9.86. The van der Waals surface area contributed by atoms with Crippen molar-refractivity contribution in [1.29, 1.82) is 0 Å². The highest BCUT2D eigenvalue weighted by Crippen LogP contribution is 2.24. The fourth-order valence-corrected chi connectivity index (χ4v) is 2.76. The highest BCUT2D eigenvalue weighted by molar-refractivity contribution is 5.78. The van der Waals surface area contributed by atoms with Crippen LogP contribution in [0.3, 0.4) is 0 Å². The van der Waals surface area contributed by atoms with E-state index in [9.17, 15) is 9.90 Å². The predicted molar refractivity (Wildman–Crippen MR) is 73.5 cm³/mol. The van der Waals surface area contributed by atoms with Crippen LogP contribution < -0.4 is 5.32 Å². The summed E-state index contributed by atoms with van der Waals surface area (Å²) in [6.45, 7) is 4.45. The summed E-state index contributed by atoms with van der Waals surface area (Å²) >= 11 is 0. The number of carbonyl (C=O) groups is 1. The van der Waals surface area contributed by atoms with Crippen molar-refractivity contribution in [3.05, 3.63) is 29.1 Å². The molecule has 2 rings (SSSR count). The molecule has 0 spiro atoms. The largest absolute Gasteiger partial charge is 0.393 e. The standard InChI is InChI=1S/C15H22N2O2/c1-10-6-12(7-11(2)17-10)9-16-15(19)13-4-3-5-14(18)8-13/h6-7,13-14,18H,3-5,8-9H2,1-2H3,(H,16,19)/t13-,14+/m1/s1. The summed E-state index contributed by atoms with van der Waals surface area (Å²) in [4.78, 5) is 16.4. The molecule has 1 heterocycles. The summed E-state index contributed by atoms with van der Waals surface area (Å²) in [7, 11) is 0. The van der Waals surface area contributed by atoms with E-state index in [1.165, 1.54) is 0 Å². The lowest BCUT2D eigenvalue weighted by molar-refractivity contribution is -0.127. The van der Waals surface area contributed by atoms with Crippen LogP contribution in [-0.2, 0) is 11.3 Å². The van der Waals surface area contributed by atoms with E-state index >= 15 is 0 Å². The molecule has 1 aromatic heterocycles. The molecular weight excluding hydrogens is 240 g/mol. The molecule has 19 heavy (non-hydrogen) atoms. The minimum absolute atomic E-state index is 0.0345. The van der Waals surface area contributed by atoms with Crippen LogP contribution in [0.25, 0.3) is 0 Å². The number of hydrogen-bond donors (Lipinski definition) is 2. The highest BCUT2D eigenvalue weighted by Gasteiger charge is 2.25. The Balaban J connectivity index is 1.89. The fraction of sp³-hybridized carbons (Fsp3) is 0.600. The Labute approximate surface area is 114 Å². The van der Waals surface area contributed by atoms with Gasteiger partial charge in [-0.25, -0.2) is 0 Å². The smallest absolute Gasteiger partial charge is 0.223 e. The molecule has 1 aliphatic carbocycles. The third-order valence-corrected chi connectivity index (χ3v) is 3.63. The molecule has 1 saturated carbocycles. The van der Waals surface area contributed by atoms with Gasteiger partial charge in [0.15, 0.2) is 0 Å². The number of aliphatic hydroxyl groups excluding tert-OH is 1. The van der Waals surface area contributed by atoms with Gasteiger partial charge in [-0.1, -0.05) is 6.42 Å². The van der Waals surface area contributed by atoms with Crippen LogP contribution >= 0.6 is 0 Å². The monoisotopic (exact) mass is 262 g/mol. The number of nitrogens with one attached hydrogen (secondary N) is 1. The van der Waals surface area contributed by atoms with E-state index in [1.807, 2.05) is 26.0 Å². The van der Waals surface area contributed by atoms with Crippen molar-refractivity contribution in [1.82, 2.24) is 10.3 Å². The maximum Gasteiger partial charge on any atom is 0.223 e. The summed E-state index contributed by atoms with van der Waals surface area (Å²) in [5.74, 6) is 0.0265. The van der Waals surface area contributed by atoms with E-state index < -0.39 is 0 Å². The summed E-state index contributed by atoms with van der Waals surface area (Å²) in [6.07, 6.45) is 2.94. The molecule has 104 valence electrons. The zero-order valence-electron chi connectivity index (χ0n) is 11.6. The van der Waals surface area contributed by atoms with Crippen LogP contribution in [0.15, 0.2) is 12.1 Å². The number of amides is 1. The Kier molecular flexibility index (Phi) is 4.53. The molecule has 0 saturated heterocycles. The number of nitrogens with zero attached hydrogens (tertiary/aromatic N) is 1. The van der Waals surface area contributed by atoms with Gasteiger partial charge in [-0.05, 0) is 50.8 Å². The number of rotatable bonds is 3. The van der Waals surface area contributed by atoms with Crippen molar-refractivity contribution >= 4 is 5.91 Å². The molecule has 1 fully saturated rings. The second-order valence-electron chi connectivity index (χ2n) is 5.49. The van der Waals surface area contributed by atoms with Crippen LogP contribution in [0.2, 0.25) is 0 Å². The first-order chi connectivity index (χ1) is 9.04. The maximum absolute atomic E-state index is 12.0. The maximum atomic E-state index is 12.0. The fourth-order valence-electron chi connectivity index (χ4n) is 2.76. The average molecular weight is 262 g/mol. The van der Waals surface area contributed by atoms with Crippen molar-refractivity contribution in [2.24, 2.45) is 5.92 Å². The lowest BCUT2D eigenvalue weighted by Gasteiger charge is -2.24. The highest BCUT2D eigenvalue weighted by atomic mass is 16.3. The lowest BCUT2D eigenvalue weighted by Crippen LogP contribution is -2.34. The molecule has 4 heteroatoms. The van der Waals surface area contributed by atoms with Gasteiger partial charge in [-0.3, -0.25) is 9.78 Å². The predicted octanol–water partition coefficient (Wildman–Crippen LogP) is 1.87. The second-order valence-corrected chi connectivity index (χ2v) is 5.49. The van der Waals surface area contributed by atoms with Crippen molar-refractivity contribution in [3.8, 4) is 0 Å². The second kappa shape index (κ2) is 6.15. The van der Waals surface area contributed by atoms with Gasteiger partial charge >= 0.3 is 0 Å². The van der Waals surface area contributed by atoms with Gasteiger partial charge in [0.1, 0.15) is 0 Å². The SMILES string of the molecule is Cc1cc(CNC(=O)[C@@H]2CCC[C@H](O)C2)cc(C)n1. The summed E-state index contributed by atoms with van der Waals surface area (Å²) < 4.78 is 0. The number of hydrogen-bond acceptors (Lipinski definition) is 3. The summed E-state index contributed by atoms with van der Waals surface area (Å²) in [6, 6.07) is 3.98. The molecule has 0 bridgehead atoms. The van der Waals surface area contributed by atoms with Gasteiger partial charge in [0.2, 0.25) is 5.91 Å². The Hall–Kier alpha value is -1.42. The molecule has 4 nitrogen and oxygen atoms in total. The third-order valence-electron chi connectivity index (χ3n) is 3.63. The first-order valence-corrected chi connectivity index (χ1v) is 6.94. The van der Waals surface area contributed by atoms with Crippen molar-refractivity contribution in [3.63, 3.8) is 0 Å². The van der Waals surface area contributed by atoms with Gasteiger partial charge in [0, 0.05) is 23.9 Å². The molecule has 2 N–H and O–H groups in total. The van der Waals surface area contributed by atoms with Gasteiger partial charge < -0.3 is 10.4 Å². The van der Waals surface area contributed by atoms with E-state index in [0.29, 0.717) is 13.0 Å². The first kappa shape index (κ1) is 14.0. The van der Waals surface area contributed by atoms with E-state index in [1.54, 1.807) is 0 Å². The Morgan fingerprint density at radius 2 is 2.05 bits per heavy atom. The van der Waals surface area contributed by atoms with Gasteiger partial charge in [0.25, 0.3) is 0 Å². The summed E-state index contributed by atoms with van der Waals surface area (Å²) in [5.41, 5.74) is 3.02. The number of pyridine rings is 1. The van der Waals surface area contributed by atoms with Gasteiger partial charge in [0.05, 0.1) is 6.10 Å². The van der Waals surface area contributed by atoms with Gasteiger partial charge in [-0.2, -0.15) is 0 Å². The molecule has 0 unspecified atom stereocenters. The van der Waals surface area contributed by atoms with Crippen LogP contribution in [0.4, 0.5) is 0 Å². The van der Waals surface area contributed by atoms with Gasteiger partial charge in [-0.15, -0.1) is 0 Å². The molecule has 0 aliphatic heterocycles. The topological polar surface area (TPSA) is 62.2 Å². The van der Waals surface area contributed by atoms with E-state index in [0.717, 1.165) is 36.2 Å². The average Bonchev–Trinajstić information content (AvgIpc) is 2.35. The molecule has 0 radical (unpaired) electrons. The third kappa shape index (κ3) is 4.03. The van der Waals surface area contributed by atoms with Crippen molar-refractivity contribution in [2.75, 3.05) is 0 Å². The molecule has 1 aromatic rings. The minimum atomic E-state index is -0.310. The molecule has 2 atom stereocenters. The minimum Gasteiger partial charge on any atom is -0.393 e. The Morgan fingerprint density at radius 1 is 1.37 bits per heavy atom. The number of carbonyl (C=O) groups excluding carboxylic acids is 1. The normalized spacial score (nSPS) is 23.1. The Bertz CT molecular complexity index is 439. The number of aromatic nitrogens is 1. The first-order valence-electron chi connectivity index (χ1n) is 6.94. The van der Waals surface area contributed by atoms with Crippen LogP contribution in [0, 0.1) is 19.8 Å². The van der Waals surface area contributed by atoms with E-state index in [2.05, 4.69) is 10.3 Å². The molecule has 1 amide bonds. The van der Waals surface area contributed by atoms with Crippen LogP contribution in [0.5, 0.6) is 0 Å². The van der Waals surface area contributed by atoms with Crippen molar-refractivity contribution < 1.29 is 9.90 Å². The number of aryl methyl sites for hydroxylation is 2. The zero-order chi connectivity index (χ0) is 13.8. The molecule has 1 aliphatic rings.